The number of likely N-dealkylation sites (tertiary alicyclic amines) is 1. The zero-order valence-electron chi connectivity index (χ0n) is 11.8. The summed E-state index contributed by atoms with van der Waals surface area (Å²) < 4.78 is 6.18. The van der Waals surface area contributed by atoms with E-state index in [-0.39, 0.29) is 6.61 Å². The highest BCUT2D eigenvalue weighted by Gasteiger charge is 2.26. The molecule has 3 heterocycles. The summed E-state index contributed by atoms with van der Waals surface area (Å²) in [5.41, 5.74) is 1.12. The van der Waals surface area contributed by atoms with E-state index in [0.717, 1.165) is 46.5 Å². The first-order valence-corrected chi connectivity index (χ1v) is 8.51. The molecule has 21 heavy (non-hydrogen) atoms. The third kappa shape index (κ3) is 3.48. The fourth-order valence-corrected chi connectivity index (χ4v) is 4.04. The van der Waals surface area contributed by atoms with E-state index in [0.29, 0.717) is 6.04 Å². The molecule has 0 amide bonds. The molecule has 3 rings (SSSR count). The maximum Gasteiger partial charge on any atom is 0.181 e. The second-order valence-corrected chi connectivity index (χ2v) is 7.13. The molecule has 0 aliphatic carbocycles. The molecule has 1 N–H and O–H groups in total. The largest absolute Gasteiger partial charge is 0.396 e. The van der Waals surface area contributed by atoms with Crippen LogP contribution in [0, 0.1) is 0 Å². The number of aliphatic hydroxyl groups is 1. The van der Waals surface area contributed by atoms with Gasteiger partial charge in [0, 0.05) is 24.8 Å². The molecule has 0 spiro atoms. The van der Waals surface area contributed by atoms with Crippen molar-refractivity contribution < 1.29 is 9.63 Å². The quantitative estimate of drug-likeness (QED) is 0.877. The minimum atomic E-state index is 0.274. The van der Waals surface area contributed by atoms with Crippen molar-refractivity contribution in [3.8, 4) is 10.6 Å². The number of aliphatic hydroxyl groups excluding tert-OH is 1. The zero-order chi connectivity index (χ0) is 14.7. The van der Waals surface area contributed by atoms with Crippen molar-refractivity contribution in [3.63, 3.8) is 0 Å². The van der Waals surface area contributed by atoms with Gasteiger partial charge in [-0.1, -0.05) is 16.8 Å². The molecule has 1 atom stereocenters. The molecule has 6 heteroatoms. The lowest BCUT2D eigenvalue weighted by Crippen LogP contribution is -2.29. The molecule has 1 aliphatic rings. The highest BCUT2D eigenvalue weighted by atomic mass is 35.5. The predicted molar refractivity (Wildman–Crippen MR) is 84.6 cm³/mol. The summed E-state index contributed by atoms with van der Waals surface area (Å²) in [6.45, 7) is 2.23. The van der Waals surface area contributed by atoms with Crippen molar-refractivity contribution in [2.24, 2.45) is 0 Å². The summed E-state index contributed by atoms with van der Waals surface area (Å²) in [6.07, 6.45) is 6.18. The molecule has 1 unspecified atom stereocenters. The average Bonchev–Trinajstić information content (AvgIpc) is 3.18. The molecule has 0 bridgehead atoms. The number of aromatic nitrogens is 1. The van der Waals surface area contributed by atoms with Crippen molar-refractivity contribution in [2.45, 2.75) is 38.3 Å². The Bertz CT molecular complexity index is 584. The third-order valence-electron chi connectivity index (χ3n) is 4.01. The Balaban J connectivity index is 1.72. The summed E-state index contributed by atoms with van der Waals surface area (Å²) in [6, 6.07) is 4.42. The number of hydrogen-bond acceptors (Lipinski definition) is 5. The van der Waals surface area contributed by atoms with E-state index in [1.54, 1.807) is 0 Å². The standard InChI is InChI=1S/C15H19ClN2O2S/c16-14-6-5-13(21-14)15-11(9-17-20-15)10-18-7-1-3-12(18)4-2-8-19/h5-6,9,12,19H,1-4,7-8,10H2. The van der Waals surface area contributed by atoms with Gasteiger partial charge in [0.25, 0.3) is 0 Å². The van der Waals surface area contributed by atoms with Gasteiger partial charge in [0.2, 0.25) is 0 Å². The van der Waals surface area contributed by atoms with Crippen LogP contribution in [-0.2, 0) is 6.54 Å². The first-order valence-electron chi connectivity index (χ1n) is 7.32. The van der Waals surface area contributed by atoms with Gasteiger partial charge in [0.05, 0.1) is 15.4 Å². The van der Waals surface area contributed by atoms with E-state index in [4.69, 9.17) is 21.2 Å². The van der Waals surface area contributed by atoms with Crippen LogP contribution >= 0.6 is 22.9 Å². The monoisotopic (exact) mass is 326 g/mol. The minimum Gasteiger partial charge on any atom is -0.396 e. The van der Waals surface area contributed by atoms with Gasteiger partial charge in [-0.05, 0) is 44.4 Å². The number of nitrogens with zero attached hydrogens (tertiary/aromatic N) is 2. The first kappa shape index (κ1) is 15.0. The van der Waals surface area contributed by atoms with Gasteiger partial charge in [0.1, 0.15) is 0 Å². The molecule has 0 aromatic carbocycles. The summed E-state index contributed by atoms with van der Waals surface area (Å²) in [5.74, 6) is 0.833. The summed E-state index contributed by atoms with van der Waals surface area (Å²) >= 11 is 7.52. The number of rotatable bonds is 6. The van der Waals surface area contributed by atoms with Crippen LogP contribution in [0.3, 0.4) is 0 Å². The third-order valence-corrected chi connectivity index (χ3v) is 5.24. The molecule has 0 saturated carbocycles. The number of hydrogen-bond donors (Lipinski definition) is 1. The smallest absolute Gasteiger partial charge is 0.181 e. The minimum absolute atomic E-state index is 0.274. The van der Waals surface area contributed by atoms with E-state index >= 15 is 0 Å². The van der Waals surface area contributed by atoms with Gasteiger partial charge >= 0.3 is 0 Å². The lowest BCUT2D eigenvalue weighted by Gasteiger charge is -2.23. The number of halogens is 1. The van der Waals surface area contributed by atoms with E-state index in [1.165, 1.54) is 24.2 Å². The van der Waals surface area contributed by atoms with Gasteiger partial charge in [-0.15, -0.1) is 11.3 Å². The zero-order valence-corrected chi connectivity index (χ0v) is 13.4. The second kappa shape index (κ2) is 6.92. The molecule has 1 saturated heterocycles. The Labute approximate surface area is 133 Å². The fourth-order valence-electron chi connectivity index (χ4n) is 2.99. The molecule has 0 radical (unpaired) electrons. The van der Waals surface area contributed by atoms with Crippen LogP contribution in [0.1, 0.15) is 31.2 Å². The Morgan fingerprint density at radius 3 is 3.14 bits per heavy atom. The van der Waals surface area contributed by atoms with E-state index in [2.05, 4.69) is 10.1 Å². The van der Waals surface area contributed by atoms with Gasteiger partial charge in [-0.2, -0.15) is 0 Å². The maximum atomic E-state index is 9.01. The summed E-state index contributed by atoms with van der Waals surface area (Å²) in [5, 5.41) is 13.0. The van der Waals surface area contributed by atoms with Crippen LogP contribution in [-0.4, -0.2) is 34.4 Å². The topological polar surface area (TPSA) is 49.5 Å². The highest BCUT2D eigenvalue weighted by molar-refractivity contribution is 7.19. The average molecular weight is 327 g/mol. The molecule has 2 aromatic rings. The SMILES string of the molecule is OCCCC1CCCN1Cc1cnoc1-c1ccc(Cl)s1. The van der Waals surface area contributed by atoms with E-state index in [1.807, 2.05) is 18.3 Å². The second-order valence-electron chi connectivity index (χ2n) is 5.42. The van der Waals surface area contributed by atoms with Crippen molar-refractivity contribution >= 4 is 22.9 Å². The highest BCUT2D eigenvalue weighted by Crippen LogP contribution is 2.34. The van der Waals surface area contributed by atoms with Crippen LogP contribution in [0.2, 0.25) is 4.34 Å². The van der Waals surface area contributed by atoms with E-state index in [9.17, 15) is 0 Å². The Hall–Kier alpha value is -0.880. The van der Waals surface area contributed by atoms with E-state index < -0.39 is 0 Å². The Morgan fingerprint density at radius 1 is 1.48 bits per heavy atom. The number of thiophene rings is 1. The summed E-state index contributed by atoms with van der Waals surface area (Å²) in [4.78, 5) is 3.50. The van der Waals surface area contributed by atoms with Crippen LogP contribution in [0.25, 0.3) is 10.6 Å². The van der Waals surface area contributed by atoms with Crippen molar-refractivity contribution in [3.05, 3.63) is 28.2 Å². The molecule has 1 aliphatic heterocycles. The molecule has 4 nitrogen and oxygen atoms in total. The van der Waals surface area contributed by atoms with Gasteiger partial charge < -0.3 is 9.63 Å². The Morgan fingerprint density at radius 2 is 2.38 bits per heavy atom. The maximum absolute atomic E-state index is 9.01. The van der Waals surface area contributed by atoms with Crippen LogP contribution < -0.4 is 0 Å². The van der Waals surface area contributed by atoms with Crippen molar-refractivity contribution in [1.82, 2.24) is 10.1 Å². The van der Waals surface area contributed by atoms with Gasteiger partial charge in [-0.3, -0.25) is 4.90 Å². The normalized spacial score (nSPS) is 19.4. The molecular weight excluding hydrogens is 308 g/mol. The van der Waals surface area contributed by atoms with Crippen LogP contribution in [0.15, 0.2) is 22.9 Å². The first-order chi connectivity index (χ1) is 10.3. The van der Waals surface area contributed by atoms with Crippen molar-refractivity contribution in [1.29, 1.82) is 0 Å². The lowest BCUT2D eigenvalue weighted by atomic mass is 10.1. The lowest BCUT2D eigenvalue weighted by molar-refractivity contribution is 0.210. The van der Waals surface area contributed by atoms with Crippen molar-refractivity contribution in [2.75, 3.05) is 13.2 Å². The van der Waals surface area contributed by atoms with Crippen LogP contribution in [0.5, 0.6) is 0 Å². The van der Waals surface area contributed by atoms with Gasteiger partial charge in [0.15, 0.2) is 5.76 Å². The molecule has 2 aromatic heterocycles. The fraction of sp³-hybridized carbons (Fsp3) is 0.533. The van der Waals surface area contributed by atoms with Gasteiger partial charge in [-0.25, -0.2) is 0 Å². The predicted octanol–water partition coefficient (Wildman–Crippen LogP) is 3.79. The molecule has 114 valence electrons. The molecule has 1 fully saturated rings. The summed E-state index contributed by atoms with van der Waals surface area (Å²) in [7, 11) is 0. The van der Waals surface area contributed by atoms with Crippen LogP contribution in [0.4, 0.5) is 0 Å². The molecular formula is C15H19ClN2O2S. The Kier molecular flexibility index (Phi) is 4.95.